The van der Waals surface area contributed by atoms with Crippen LogP contribution in [0.2, 0.25) is 0 Å². The summed E-state index contributed by atoms with van der Waals surface area (Å²) in [6.07, 6.45) is 64.0. The largest absolute Gasteiger partial charge is 0.472 e. The lowest BCUT2D eigenvalue weighted by Gasteiger charge is -2.21. The van der Waals surface area contributed by atoms with Gasteiger partial charge in [-0.1, -0.05) is 389 Å². The van der Waals surface area contributed by atoms with E-state index < -0.39 is 97.5 Å². The van der Waals surface area contributed by atoms with E-state index >= 15 is 0 Å². The highest BCUT2D eigenvalue weighted by molar-refractivity contribution is 7.47. The fourth-order valence-electron chi connectivity index (χ4n) is 13.0. The SMILES string of the molecule is CCCCCCCCCCCCCCCCCCCC(=O)O[C@H](COC(=O)CCCCCCCCC(C)C)COP(=O)(O)OC[C@H](O)COP(=O)(O)OC[C@@H](COC(=O)CCCCCCCCCCCCCCCCCC(C)C)OC(=O)CCCCCCCCCCCCCCCCCCC(C)C. The van der Waals surface area contributed by atoms with E-state index in [1.165, 1.54) is 244 Å². The lowest BCUT2D eigenvalue weighted by Crippen LogP contribution is -2.30. The van der Waals surface area contributed by atoms with Crippen molar-refractivity contribution in [3.05, 3.63) is 0 Å². The van der Waals surface area contributed by atoms with Gasteiger partial charge in [0.1, 0.15) is 19.3 Å². The van der Waals surface area contributed by atoms with Crippen molar-refractivity contribution in [3.8, 4) is 0 Å². The van der Waals surface area contributed by atoms with Crippen LogP contribution in [0.5, 0.6) is 0 Å². The van der Waals surface area contributed by atoms with Gasteiger partial charge in [0.2, 0.25) is 0 Å². The molecule has 0 aromatic carbocycles. The third kappa shape index (κ3) is 78.0. The summed E-state index contributed by atoms with van der Waals surface area (Å²) >= 11 is 0. The van der Waals surface area contributed by atoms with Crippen LogP contribution in [-0.2, 0) is 65.4 Å². The first kappa shape index (κ1) is 101. The van der Waals surface area contributed by atoms with E-state index in [0.717, 1.165) is 108 Å². The molecular formula is C84H164O17P2. The summed E-state index contributed by atoms with van der Waals surface area (Å²) in [4.78, 5) is 73.1. The topological polar surface area (TPSA) is 237 Å². The van der Waals surface area contributed by atoms with Crippen LogP contribution in [0.1, 0.15) is 440 Å². The Bertz CT molecular complexity index is 1990. The van der Waals surface area contributed by atoms with Gasteiger partial charge in [-0.25, -0.2) is 9.13 Å². The van der Waals surface area contributed by atoms with Crippen molar-refractivity contribution in [1.82, 2.24) is 0 Å². The molecule has 0 aromatic rings. The molecule has 0 heterocycles. The minimum absolute atomic E-state index is 0.107. The first-order valence-electron chi connectivity index (χ1n) is 43.3. The first-order valence-corrected chi connectivity index (χ1v) is 46.3. The zero-order valence-electron chi connectivity index (χ0n) is 67.8. The Morgan fingerprint density at radius 1 is 0.262 bits per heavy atom. The van der Waals surface area contributed by atoms with Crippen molar-refractivity contribution < 1.29 is 80.2 Å². The molecule has 0 radical (unpaired) electrons. The van der Waals surface area contributed by atoms with Crippen LogP contribution in [-0.4, -0.2) is 96.7 Å². The maximum absolute atomic E-state index is 13.1. The van der Waals surface area contributed by atoms with Gasteiger partial charge < -0.3 is 33.8 Å². The van der Waals surface area contributed by atoms with Gasteiger partial charge in [0.15, 0.2) is 12.2 Å². The van der Waals surface area contributed by atoms with Gasteiger partial charge in [-0.3, -0.25) is 37.3 Å². The lowest BCUT2D eigenvalue weighted by atomic mass is 10.0. The molecule has 19 heteroatoms. The van der Waals surface area contributed by atoms with Gasteiger partial charge in [-0.15, -0.1) is 0 Å². The van der Waals surface area contributed by atoms with Crippen LogP contribution < -0.4 is 0 Å². The normalized spacial score (nSPS) is 13.9. The highest BCUT2D eigenvalue weighted by atomic mass is 31.2. The molecule has 0 fully saturated rings. The monoisotopic (exact) mass is 1510 g/mol. The highest BCUT2D eigenvalue weighted by Gasteiger charge is 2.30. The second kappa shape index (κ2) is 74.2. The number of carbonyl (C=O) groups excluding carboxylic acids is 4. The number of phosphoric ester groups is 2. The van der Waals surface area contributed by atoms with Crippen LogP contribution in [0.4, 0.5) is 0 Å². The van der Waals surface area contributed by atoms with Gasteiger partial charge >= 0.3 is 39.5 Å². The Balaban J connectivity index is 5.22. The number of ether oxygens (including phenoxy) is 4. The number of unbranched alkanes of at least 4 members (excludes halogenated alkanes) is 50. The molecular weight excluding hydrogens is 1340 g/mol. The number of carbonyl (C=O) groups is 4. The van der Waals surface area contributed by atoms with E-state index in [1.807, 2.05) is 0 Å². The minimum Gasteiger partial charge on any atom is -0.462 e. The zero-order valence-corrected chi connectivity index (χ0v) is 69.6. The van der Waals surface area contributed by atoms with Crippen LogP contribution in [0, 0.1) is 17.8 Å². The molecule has 0 spiro atoms. The van der Waals surface area contributed by atoms with Gasteiger partial charge in [-0.05, 0) is 43.4 Å². The first-order chi connectivity index (χ1) is 49.7. The molecule has 612 valence electrons. The standard InChI is InChI=1S/C84H164O17P2/c1-8-9-10-11-12-13-14-15-16-17-23-29-34-39-44-53-61-68-84(89)101-80(72-95-82(87)66-59-52-47-46-50-57-64-77(6)7)74-99-103(92,93)97-70-78(85)69-96-102(90,91)98-73-79(71-94-81(86)65-58-51-43-38-33-28-25-20-22-27-32-37-42-49-56-63-76(4)5)100-83(88)67-60-54-45-40-35-30-24-19-18-21-26-31-36-41-48-55-62-75(2)3/h75-80,85H,8-74H2,1-7H3,(H,90,91)(H,92,93)/t78-,79-,80-/m1/s1. The molecule has 0 bridgehead atoms. The number of aliphatic hydroxyl groups excluding tert-OH is 1. The minimum atomic E-state index is -4.96. The van der Waals surface area contributed by atoms with E-state index in [-0.39, 0.29) is 25.7 Å². The molecule has 0 aromatic heterocycles. The van der Waals surface area contributed by atoms with Crippen LogP contribution in [0.25, 0.3) is 0 Å². The van der Waals surface area contributed by atoms with Gasteiger partial charge in [0, 0.05) is 25.7 Å². The number of esters is 4. The molecule has 0 amide bonds. The van der Waals surface area contributed by atoms with Crippen molar-refractivity contribution >= 4 is 39.5 Å². The van der Waals surface area contributed by atoms with Crippen molar-refractivity contribution in [1.29, 1.82) is 0 Å². The van der Waals surface area contributed by atoms with Crippen molar-refractivity contribution in [2.75, 3.05) is 39.6 Å². The molecule has 3 N–H and O–H groups in total. The molecule has 17 nitrogen and oxygen atoms in total. The fraction of sp³-hybridized carbons (Fsp3) is 0.952. The highest BCUT2D eigenvalue weighted by Crippen LogP contribution is 2.45. The maximum Gasteiger partial charge on any atom is 0.472 e. The van der Waals surface area contributed by atoms with Gasteiger partial charge in [0.25, 0.3) is 0 Å². The van der Waals surface area contributed by atoms with Crippen molar-refractivity contribution in [2.24, 2.45) is 17.8 Å². The number of phosphoric acid groups is 2. The third-order valence-electron chi connectivity index (χ3n) is 19.6. The fourth-order valence-corrected chi connectivity index (χ4v) is 14.6. The Labute approximate surface area is 632 Å². The molecule has 103 heavy (non-hydrogen) atoms. The Morgan fingerprint density at radius 3 is 0.660 bits per heavy atom. The van der Waals surface area contributed by atoms with Crippen molar-refractivity contribution in [2.45, 2.75) is 458 Å². The summed E-state index contributed by atoms with van der Waals surface area (Å²) in [6, 6.07) is 0. The molecule has 0 aliphatic carbocycles. The third-order valence-corrected chi connectivity index (χ3v) is 21.5. The van der Waals surface area contributed by atoms with Crippen molar-refractivity contribution in [3.63, 3.8) is 0 Å². The summed E-state index contributed by atoms with van der Waals surface area (Å²) in [7, 11) is -9.92. The molecule has 0 aliphatic heterocycles. The number of aliphatic hydroxyl groups is 1. The van der Waals surface area contributed by atoms with E-state index in [4.69, 9.17) is 37.0 Å². The van der Waals surface area contributed by atoms with Gasteiger partial charge in [-0.2, -0.15) is 0 Å². The lowest BCUT2D eigenvalue weighted by molar-refractivity contribution is -0.161. The molecule has 0 saturated heterocycles. The van der Waals surface area contributed by atoms with Crippen LogP contribution in [0.3, 0.4) is 0 Å². The molecule has 5 atom stereocenters. The van der Waals surface area contributed by atoms with Gasteiger partial charge in [0.05, 0.1) is 26.4 Å². The second-order valence-corrected chi connectivity index (χ2v) is 34.6. The quantitative estimate of drug-likeness (QED) is 0.0222. The maximum atomic E-state index is 13.1. The van der Waals surface area contributed by atoms with E-state index in [0.29, 0.717) is 31.6 Å². The molecule has 0 saturated carbocycles. The summed E-state index contributed by atoms with van der Waals surface area (Å²) in [5.41, 5.74) is 0. The van der Waals surface area contributed by atoms with Crippen LogP contribution >= 0.6 is 15.6 Å². The van der Waals surface area contributed by atoms with E-state index in [2.05, 4.69) is 48.5 Å². The van der Waals surface area contributed by atoms with E-state index in [9.17, 15) is 43.2 Å². The Morgan fingerprint density at radius 2 is 0.447 bits per heavy atom. The van der Waals surface area contributed by atoms with Crippen LogP contribution in [0.15, 0.2) is 0 Å². The van der Waals surface area contributed by atoms with E-state index in [1.54, 1.807) is 0 Å². The smallest absolute Gasteiger partial charge is 0.462 e. The Kier molecular flexibility index (Phi) is 72.8. The number of rotatable bonds is 82. The molecule has 2 unspecified atom stereocenters. The summed E-state index contributed by atoms with van der Waals surface area (Å²) < 4.78 is 68.8. The average molecular weight is 1510 g/mol. The Hall–Kier alpha value is -1.94. The average Bonchev–Trinajstić information content (AvgIpc) is 0.920. The number of hydrogen-bond donors (Lipinski definition) is 3. The predicted octanol–water partition coefficient (Wildman–Crippen LogP) is 25.3. The predicted molar refractivity (Wildman–Crippen MR) is 423 cm³/mol. The summed E-state index contributed by atoms with van der Waals surface area (Å²) in [5.74, 6) is 0.186. The summed E-state index contributed by atoms with van der Waals surface area (Å²) in [6.45, 7) is 11.9. The molecule has 0 aliphatic rings. The zero-order chi connectivity index (χ0) is 75.8. The summed E-state index contributed by atoms with van der Waals surface area (Å²) in [5, 5.41) is 10.7. The number of hydrogen-bond acceptors (Lipinski definition) is 15. The molecule has 0 rings (SSSR count). The second-order valence-electron chi connectivity index (χ2n) is 31.6.